The molecule has 0 unspecified atom stereocenters. The molecule has 2 aliphatic rings. The summed E-state index contributed by atoms with van der Waals surface area (Å²) in [5.41, 5.74) is 6.12. The van der Waals surface area contributed by atoms with Gasteiger partial charge in [-0.1, -0.05) is 6.92 Å². The van der Waals surface area contributed by atoms with Gasteiger partial charge in [-0.25, -0.2) is 8.42 Å². The highest BCUT2D eigenvalue weighted by Gasteiger charge is 2.43. The Morgan fingerprint density at radius 1 is 1.47 bits per heavy atom. The van der Waals surface area contributed by atoms with Crippen LogP contribution in [-0.2, 0) is 9.84 Å². The fourth-order valence-electron chi connectivity index (χ4n) is 2.33. The third-order valence-electron chi connectivity index (χ3n) is 4.25. The van der Waals surface area contributed by atoms with E-state index >= 15 is 0 Å². The molecule has 3 rings (SSSR count). The first-order valence-electron chi connectivity index (χ1n) is 6.71. The van der Waals surface area contributed by atoms with E-state index in [4.69, 9.17) is 5.73 Å². The molecule has 1 heterocycles. The van der Waals surface area contributed by atoms with E-state index in [0.717, 1.165) is 37.3 Å². The number of aromatic nitrogens is 1. The summed E-state index contributed by atoms with van der Waals surface area (Å²) in [6, 6.07) is 0. The predicted molar refractivity (Wildman–Crippen MR) is 77.2 cm³/mol. The van der Waals surface area contributed by atoms with Crippen molar-refractivity contribution in [1.82, 2.24) is 4.37 Å². The van der Waals surface area contributed by atoms with Crippen LogP contribution < -0.4 is 11.1 Å². The van der Waals surface area contributed by atoms with Gasteiger partial charge in [-0.2, -0.15) is 4.37 Å². The summed E-state index contributed by atoms with van der Waals surface area (Å²) in [5, 5.41) is 3.66. The topological polar surface area (TPSA) is 85.1 Å². The summed E-state index contributed by atoms with van der Waals surface area (Å²) < 4.78 is 28.7. The molecule has 0 radical (unpaired) electrons. The number of rotatable bonds is 6. The maximum Gasteiger partial charge on any atom is 0.187 e. The summed E-state index contributed by atoms with van der Waals surface area (Å²) in [6.45, 7) is 3.00. The zero-order chi connectivity index (χ0) is 13.7. The average molecular weight is 301 g/mol. The zero-order valence-corrected chi connectivity index (χ0v) is 12.6. The van der Waals surface area contributed by atoms with Crippen molar-refractivity contribution < 1.29 is 8.42 Å². The lowest BCUT2D eigenvalue weighted by atomic mass is 10.0. The highest BCUT2D eigenvalue weighted by molar-refractivity contribution is 7.92. The van der Waals surface area contributed by atoms with E-state index in [1.54, 1.807) is 0 Å². The second kappa shape index (κ2) is 4.34. The first kappa shape index (κ1) is 13.2. The summed E-state index contributed by atoms with van der Waals surface area (Å²) in [4.78, 5) is 0.243. The monoisotopic (exact) mass is 301 g/mol. The van der Waals surface area contributed by atoms with Crippen LogP contribution >= 0.6 is 11.5 Å². The lowest BCUT2D eigenvalue weighted by Gasteiger charge is -2.14. The van der Waals surface area contributed by atoms with Crippen LogP contribution in [0, 0.1) is 5.41 Å². The average Bonchev–Trinajstić information content (AvgIpc) is 3.25. The molecule has 2 aliphatic carbocycles. The van der Waals surface area contributed by atoms with Crippen LogP contribution in [0.4, 0.5) is 10.8 Å². The first-order chi connectivity index (χ1) is 8.98. The molecule has 0 bridgehead atoms. The van der Waals surface area contributed by atoms with E-state index in [-0.39, 0.29) is 16.0 Å². The van der Waals surface area contributed by atoms with Crippen molar-refractivity contribution in [2.75, 3.05) is 17.6 Å². The van der Waals surface area contributed by atoms with E-state index < -0.39 is 9.84 Å². The van der Waals surface area contributed by atoms with Gasteiger partial charge in [-0.05, 0) is 49.1 Å². The SMILES string of the molecule is CCC1(CNc2snc(N)c2S(=O)(=O)C2CC2)CC1. The normalized spacial score (nSPS) is 21.3. The molecule has 5 nitrogen and oxygen atoms in total. The Morgan fingerprint density at radius 2 is 2.16 bits per heavy atom. The summed E-state index contributed by atoms with van der Waals surface area (Å²) >= 11 is 1.16. The van der Waals surface area contributed by atoms with E-state index in [9.17, 15) is 8.42 Å². The summed E-state index contributed by atoms with van der Waals surface area (Å²) in [7, 11) is -3.28. The van der Waals surface area contributed by atoms with Gasteiger partial charge in [-0.3, -0.25) is 0 Å². The van der Waals surface area contributed by atoms with Gasteiger partial charge in [0.25, 0.3) is 0 Å². The molecule has 0 atom stereocenters. The van der Waals surface area contributed by atoms with Crippen molar-refractivity contribution in [2.24, 2.45) is 5.41 Å². The molecular weight excluding hydrogens is 282 g/mol. The summed E-state index contributed by atoms with van der Waals surface area (Å²) in [5.74, 6) is 0.153. The van der Waals surface area contributed by atoms with E-state index in [2.05, 4.69) is 16.6 Å². The lowest BCUT2D eigenvalue weighted by Crippen LogP contribution is -2.16. The summed E-state index contributed by atoms with van der Waals surface area (Å²) in [6.07, 6.45) is 5.05. The van der Waals surface area contributed by atoms with Gasteiger partial charge in [0.1, 0.15) is 9.90 Å². The Labute approximate surface area is 117 Å². The van der Waals surface area contributed by atoms with Gasteiger partial charge >= 0.3 is 0 Å². The van der Waals surface area contributed by atoms with E-state index in [1.165, 1.54) is 12.8 Å². The van der Waals surface area contributed by atoms with E-state index in [0.29, 0.717) is 10.4 Å². The van der Waals surface area contributed by atoms with Gasteiger partial charge < -0.3 is 11.1 Å². The fourth-order valence-corrected chi connectivity index (χ4v) is 5.21. The molecule has 106 valence electrons. The predicted octanol–water partition coefficient (Wildman–Crippen LogP) is 2.26. The molecule has 0 aromatic carbocycles. The van der Waals surface area contributed by atoms with E-state index in [1.807, 2.05) is 0 Å². The van der Waals surface area contributed by atoms with Gasteiger partial charge in [0.2, 0.25) is 0 Å². The number of hydrogen-bond acceptors (Lipinski definition) is 6. The van der Waals surface area contributed by atoms with Crippen molar-refractivity contribution in [3.63, 3.8) is 0 Å². The molecule has 0 aliphatic heterocycles. The third kappa shape index (κ3) is 2.33. The minimum atomic E-state index is -3.28. The Morgan fingerprint density at radius 3 is 2.68 bits per heavy atom. The molecule has 7 heteroatoms. The van der Waals surface area contributed by atoms with Gasteiger partial charge in [0.15, 0.2) is 15.7 Å². The van der Waals surface area contributed by atoms with Crippen LogP contribution in [0.15, 0.2) is 4.90 Å². The van der Waals surface area contributed by atoms with Crippen molar-refractivity contribution in [3.05, 3.63) is 0 Å². The molecular formula is C12H19N3O2S2. The minimum absolute atomic E-state index is 0.153. The standard InChI is InChI=1S/C12H19N3O2S2/c1-2-12(5-6-12)7-14-11-9(10(13)15-18-11)19(16,17)8-3-4-8/h8,14H,2-7H2,1H3,(H2,13,15). The molecule has 1 aromatic rings. The fraction of sp³-hybridized carbons (Fsp3) is 0.750. The second-order valence-corrected chi connectivity index (χ2v) is 8.62. The van der Waals surface area contributed by atoms with Crippen LogP contribution in [0.1, 0.15) is 39.0 Å². The Balaban J connectivity index is 1.82. The Hall–Kier alpha value is -0.820. The molecule has 1 aromatic heterocycles. The number of nitrogens with one attached hydrogen (secondary N) is 1. The highest BCUT2D eigenvalue weighted by Crippen LogP contribution is 2.49. The molecule has 2 saturated carbocycles. The Bertz CT molecular complexity index is 586. The molecule has 0 spiro atoms. The molecule has 2 fully saturated rings. The molecule has 0 amide bonds. The Kier molecular flexibility index (Phi) is 3.01. The number of anilines is 2. The third-order valence-corrected chi connectivity index (χ3v) is 7.53. The van der Waals surface area contributed by atoms with Crippen molar-refractivity contribution in [1.29, 1.82) is 0 Å². The van der Waals surface area contributed by atoms with Crippen LogP contribution in [0.3, 0.4) is 0 Å². The molecule has 3 N–H and O–H groups in total. The van der Waals surface area contributed by atoms with Crippen LogP contribution in [0.5, 0.6) is 0 Å². The lowest BCUT2D eigenvalue weighted by molar-refractivity contribution is 0.521. The quantitative estimate of drug-likeness (QED) is 0.842. The smallest absolute Gasteiger partial charge is 0.187 e. The molecule has 0 saturated heterocycles. The van der Waals surface area contributed by atoms with Crippen molar-refractivity contribution in [3.8, 4) is 0 Å². The number of nitrogens with zero attached hydrogens (tertiary/aromatic N) is 1. The van der Waals surface area contributed by atoms with Crippen LogP contribution in [-0.4, -0.2) is 24.6 Å². The number of nitrogen functional groups attached to an aromatic ring is 1. The van der Waals surface area contributed by atoms with Crippen LogP contribution in [0.25, 0.3) is 0 Å². The van der Waals surface area contributed by atoms with Gasteiger partial charge in [0.05, 0.1) is 5.25 Å². The van der Waals surface area contributed by atoms with Crippen molar-refractivity contribution in [2.45, 2.75) is 49.2 Å². The van der Waals surface area contributed by atoms with Gasteiger partial charge in [0, 0.05) is 6.54 Å². The number of nitrogens with two attached hydrogens (primary N) is 1. The molecule has 19 heavy (non-hydrogen) atoms. The largest absolute Gasteiger partial charge is 0.382 e. The van der Waals surface area contributed by atoms with Crippen molar-refractivity contribution >= 4 is 32.2 Å². The zero-order valence-electron chi connectivity index (χ0n) is 11.0. The number of sulfone groups is 1. The maximum absolute atomic E-state index is 12.4. The number of hydrogen-bond donors (Lipinski definition) is 2. The minimum Gasteiger partial charge on any atom is -0.382 e. The van der Waals surface area contributed by atoms with Crippen LogP contribution in [0.2, 0.25) is 0 Å². The maximum atomic E-state index is 12.4. The van der Waals surface area contributed by atoms with Gasteiger partial charge in [-0.15, -0.1) is 0 Å². The highest BCUT2D eigenvalue weighted by atomic mass is 32.2. The second-order valence-electron chi connectivity index (χ2n) is 5.68. The first-order valence-corrected chi connectivity index (χ1v) is 9.03.